The predicted molar refractivity (Wildman–Crippen MR) is 76.2 cm³/mol. The van der Waals surface area contributed by atoms with Gasteiger partial charge in [-0.15, -0.1) is 0 Å². The van der Waals surface area contributed by atoms with E-state index >= 15 is 0 Å². The van der Waals surface area contributed by atoms with Gasteiger partial charge in [-0.3, -0.25) is 9.48 Å². The highest BCUT2D eigenvalue weighted by atomic mass is 19.4. The standard InChI is InChI=1S/C15H14F3N3O2/c16-15(17,18)9-21-8-10(7-19-21)20-14(22)12-5-6-23-13-4-2-1-3-11(12)13/h1-4,7-8,12H,5-6,9H2,(H,20,22). The summed E-state index contributed by atoms with van der Waals surface area (Å²) in [5, 5.41) is 6.21. The summed E-state index contributed by atoms with van der Waals surface area (Å²) in [5.74, 6) is -0.0232. The van der Waals surface area contributed by atoms with Gasteiger partial charge in [0, 0.05) is 11.8 Å². The van der Waals surface area contributed by atoms with Crippen LogP contribution in [0.4, 0.5) is 18.9 Å². The molecule has 1 aliphatic rings. The highest BCUT2D eigenvalue weighted by Gasteiger charge is 2.29. The number of hydrogen-bond donors (Lipinski definition) is 1. The third-order valence-electron chi connectivity index (χ3n) is 3.52. The van der Waals surface area contributed by atoms with E-state index in [4.69, 9.17) is 4.74 Å². The zero-order valence-corrected chi connectivity index (χ0v) is 12.0. The number of halogens is 3. The number of alkyl halides is 3. The summed E-state index contributed by atoms with van der Waals surface area (Å²) in [6.07, 6.45) is -1.47. The van der Waals surface area contributed by atoms with Crippen LogP contribution in [0.25, 0.3) is 0 Å². The van der Waals surface area contributed by atoms with E-state index in [1.54, 1.807) is 6.07 Å². The van der Waals surface area contributed by atoms with Crippen LogP contribution < -0.4 is 10.1 Å². The maximum absolute atomic E-state index is 12.4. The van der Waals surface area contributed by atoms with Crippen LogP contribution in [-0.4, -0.2) is 28.5 Å². The quantitative estimate of drug-likeness (QED) is 0.944. The van der Waals surface area contributed by atoms with Crippen molar-refractivity contribution >= 4 is 11.6 Å². The molecule has 0 spiro atoms. The maximum Gasteiger partial charge on any atom is 0.408 e. The van der Waals surface area contributed by atoms with Crippen LogP contribution in [0.3, 0.4) is 0 Å². The lowest BCUT2D eigenvalue weighted by Gasteiger charge is -2.24. The van der Waals surface area contributed by atoms with Crippen molar-refractivity contribution in [3.05, 3.63) is 42.2 Å². The number of aromatic nitrogens is 2. The molecule has 1 amide bonds. The van der Waals surface area contributed by atoms with Crippen molar-refractivity contribution in [2.45, 2.75) is 25.1 Å². The summed E-state index contributed by atoms with van der Waals surface area (Å²) in [6, 6.07) is 7.23. The van der Waals surface area contributed by atoms with E-state index in [9.17, 15) is 18.0 Å². The van der Waals surface area contributed by atoms with Gasteiger partial charge in [0.05, 0.1) is 24.4 Å². The highest BCUT2D eigenvalue weighted by Crippen LogP contribution is 2.34. The van der Waals surface area contributed by atoms with Gasteiger partial charge in [0.1, 0.15) is 12.3 Å². The fraction of sp³-hybridized carbons (Fsp3) is 0.333. The second-order valence-electron chi connectivity index (χ2n) is 5.26. The van der Waals surface area contributed by atoms with Gasteiger partial charge in [0.2, 0.25) is 5.91 Å². The molecule has 0 radical (unpaired) electrons. The van der Waals surface area contributed by atoms with Crippen molar-refractivity contribution in [2.75, 3.05) is 11.9 Å². The molecule has 23 heavy (non-hydrogen) atoms. The zero-order chi connectivity index (χ0) is 16.4. The van der Waals surface area contributed by atoms with Crippen LogP contribution >= 0.6 is 0 Å². The molecule has 1 unspecified atom stereocenters. The molecule has 3 rings (SSSR count). The van der Waals surface area contributed by atoms with Gasteiger partial charge in [0.25, 0.3) is 0 Å². The van der Waals surface area contributed by atoms with Crippen LogP contribution in [0.1, 0.15) is 17.9 Å². The van der Waals surface area contributed by atoms with Crippen LogP contribution in [0.15, 0.2) is 36.7 Å². The van der Waals surface area contributed by atoms with E-state index in [-0.39, 0.29) is 11.6 Å². The number of carbonyl (C=O) groups excluding carboxylic acids is 1. The lowest BCUT2D eigenvalue weighted by atomic mass is 9.92. The van der Waals surface area contributed by atoms with Crippen molar-refractivity contribution < 1.29 is 22.7 Å². The van der Waals surface area contributed by atoms with E-state index in [1.807, 2.05) is 18.2 Å². The first-order valence-corrected chi connectivity index (χ1v) is 7.04. The summed E-state index contributed by atoms with van der Waals surface area (Å²) in [7, 11) is 0. The van der Waals surface area contributed by atoms with Gasteiger partial charge in [-0.25, -0.2) is 0 Å². The molecule has 1 aromatic carbocycles. The molecule has 1 aromatic heterocycles. The van der Waals surface area contributed by atoms with E-state index < -0.39 is 18.6 Å². The van der Waals surface area contributed by atoms with Crippen LogP contribution in [0.2, 0.25) is 0 Å². The molecule has 0 fully saturated rings. The Kier molecular flexibility index (Phi) is 3.97. The minimum Gasteiger partial charge on any atom is -0.493 e. The van der Waals surface area contributed by atoms with Gasteiger partial charge in [0.15, 0.2) is 0 Å². The Morgan fingerprint density at radius 1 is 1.39 bits per heavy atom. The molecular formula is C15H14F3N3O2. The number of nitrogens with zero attached hydrogens (tertiary/aromatic N) is 2. The maximum atomic E-state index is 12.4. The third-order valence-corrected chi connectivity index (χ3v) is 3.52. The number of anilines is 1. The van der Waals surface area contributed by atoms with Gasteiger partial charge in [-0.1, -0.05) is 18.2 Å². The SMILES string of the molecule is O=C(Nc1cnn(CC(F)(F)F)c1)C1CCOc2ccccc21. The lowest BCUT2D eigenvalue weighted by molar-refractivity contribution is -0.142. The number of amides is 1. The second-order valence-corrected chi connectivity index (χ2v) is 5.26. The Hall–Kier alpha value is -2.51. The third kappa shape index (κ3) is 3.64. The average Bonchev–Trinajstić information content (AvgIpc) is 2.91. The summed E-state index contributed by atoms with van der Waals surface area (Å²) in [6.45, 7) is -0.772. The molecular weight excluding hydrogens is 311 g/mol. The van der Waals surface area contributed by atoms with Crippen LogP contribution in [0, 0.1) is 0 Å². The Morgan fingerprint density at radius 2 is 2.17 bits per heavy atom. The largest absolute Gasteiger partial charge is 0.493 e. The number of ether oxygens (including phenoxy) is 1. The molecule has 0 aliphatic carbocycles. The minimum absolute atomic E-state index is 0.239. The molecule has 1 N–H and O–H groups in total. The Labute approximate surface area is 130 Å². The molecule has 0 saturated carbocycles. The number of hydrogen-bond acceptors (Lipinski definition) is 3. The number of fused-ring (bicyclic) bond motifs is 1. The van der Waals surface area contributed by atoms with Crippen LogP contribution in [0.5, 0.6) is 5.75 Å². The number of para-hydroxylation sites is 1. The summed E-state index contributed by atoms with van der Waals surface area (Å²) < 4.78 is 43.2. The summed E-state index contributed by atoms with van der Waals surface area (Å²) in [4.78, 5) is 12.4. The molecule has 5 nitrogen and oxygen atoms in total. The van der Waals surface area contributed by atoms with E-state index in [2.05, 4.69) is 10.4 Å². The Morgan fingerprint density at radius 3 is 2.96 bits per heavy atom. The molecule has 1 atom stereocenters. The number of benzene rings is 1. The Balaban J connectivity index is 1.71. The molecule has 1 aliphatic heterocycles. The smallest absolute Gasteiger partial charge is 0.408 e. The highest BCUT2D eigenvalue weighted by molar-refractivity contribution is 5.96. The first-order valence-electron chi connectivity index (χ1n) is 7.04. The number of carbonyl (C=O) groups is 1. The summed E-state index contributed by atoms with van der Waals surface area (Å²) >= 11 is 0. The summed E-state index contributed by atoms with van der Waals surface area (Å²) in [5.41, 5.74) is 1.02. The first-order chi connectivity index (χ1) is 10.9. The normalized spacial score (nSPS) is 17.3. The van der Waals surface area contributed by atoms with Crippen molar-refractivity contribution in [2.24, 2.45) is 0 Å². The minimum atomic E-state index is -4.35. The molecule has 8 heteroatoms. The van der Waals surface area contributed by atoms with Gasteiger partial charge < -0.3 is 10.1 Å². The topological polar surface area (TPSA) is 56.2 Å². The number of rotatable bonds is 3. The van der Waals surface area contributed by atoms with Crippen molar-refractivity contribution in [1.29, 1.82) is 0 Å². The Bertz CT molecular complexity index is 712. The molecule has 2 aromatic rings. The average molecular weight is 325 g/mol. The molecule has 0 bridgehead atoms. The van der Waals surface area contributed by atoms with E-state index in [1.165, 1.54) is 6.20 Å². The lowest BCUT2D eigenvalue weighted by Crippen LogP contribution is -2.26. The van der Waals surface area contributed by atoms with Gasteiger partial charge in [-0.05, 0) is 12.5 Å². The second kappa shape index (κ2) is 5.94. The van der Waals surface area contributed by atoms with Crippen molar-refractivity contribution in [3.63, 3.8) is 0 Å². The van der Waals surface area contributed by atoms with Crippen molar-refractivity contribution in [3.8, 4) is 5.75 Å². The van der Waals surface area contributed by atoms with Gasteiger partial charge in [-0.2, -0.15) is 18.3 Å². The predicted octanol–water partition coefficient (Wildman–Crippen LogP) is 2.95. The van der Waals surface area contributed by atoms with Crippen molar-refractivity contribution in [1.82, 2.24) is 9.78 Å². The first kappa shape index (κ1) is 15.4. The van der Waals surface area contributed by atoms with Gasteiger partial charge >= 0.3 is 6.18 Å². The fourth-order valence-electron chi connectivity index (χ4n) is 2.54. The molecule has 122 valence electrons. The fourth-order valence-corrected chi connectivity index (χ4v) is 2.54. The van der Waals surface area contributed by atoms with E-state index in [0.29, 0.717) is 18.8 Å². The molecule has 2 heterocycles. The zero-order valence-electron chi connectivity index (χ0n) is 12.0. The number of nitrogens with one attached hydrogen (secondary N) is 1. The molecule has 0 saturated heterocycles. The van der Waals surface area contributed by atoms with E-state index in [0.717, 1.165) is 16.4 Å². The monoisotopic (exact) mass is 325 g/mol. The van der Waals surface area contributed by atoms with Crippen LogP contribution in [-0.2, 0) is 11.3 Å².